The number of halogens is 3. The largest absolute Gasteiger partial charge is 0.447 e. The minimum absolute atomic E-state index is 0.0309. The molecule has 13 heteroatoms. The van der Waals surface area contributed by atoms with Crippen molar-refractivity contribution in [1.29, 1.82) is 0 Å². The molecule has 1 saturated heterocycles. The summed E-state index contributed by atoms with van der Waals surface area (Å²) in [7, 11) is -1.22. The number of allylic oxidation sites excluding steroid dienone is 1. The van der Waals surface area contributed by atoms with Crippen LogP contribution in [-0.2, 0) is 39.6 Å². The van der Waals surface area contributed by atoms with E-state index in [9.17, 15) is 13.8 Å². The average Bonchev–Trinajstić information content (AvgIpc) is 3.59. The van der Waals surface area contributed by atoms with Gasteiger partial charge >= 0.3 is 6.09 Å². The van der Waals surface area contributed by atoms with Crippen LogP contribution in [0.1, 0.15) is 48.1 Å². The number of aromatic nitrogens is 2. The normalized spacial score (nSPS) is 25.0. The van der Waals surface area contributed by atoms with E-state index in [2.05, 4.69) is 34.5 Å². The first-order chi connectivity index (χ1) is 20.1. The lowest BCUT2D eigenvalue weighted by atomic mass is 9.77. The van der Waals surface area contributed by atoms with Crippen molar-refractivity contribution in [3.8, 4) is 0 Å². The molecule has 0 unspecified atom stereocenters. The maximum Gasteiger partial charge on any atom is 0.414 e. The smallest absolute Gasteiger partial charge is 0.414 e. The van der Waals surface area contributed by atoms with Crippen molar-refractivity contribution in [2.75, 3.05) is 35.7 Å². The molecule has 2 fully saturated rings. The Morgan fingerprint density at radius 2 is 1.93 bits per heavy atom. The molecule has 1 aromatic heterocycles. The van der Waals surface area contributed by atoms with Crippen LogP contribution >= 0.6 is 34.8 Å². The van der Waals surface area contributed by atoms with Gasteiger partial charge in [-0.15, -0.1) is 0 Å². The second kappa shape index (κ2) is 10.6. The number of alkyl halides is 3. The molecule has 3 atom stereocenters. The Bertz CT molecular complexity index is 1540. The number of carbonyl (C=O) groups is 2. The van der Waals surface area contributed by atoms with E-state index in [-0.39, 0.29) is 6.61 Å². The number of anilines is 2. The number of hydrogen-bond acceptors (Lipinski definition) is 8. The molecule has 3 heterocycles. The van der Waals surface area contributed by atoms with E-state index in [1.54, 1.807) is 0 Å². The summed E-state index contributed by atoms with van der Waals surface area (Å²) in [6.45, 7) is 1.67. The summed E-state index contributed by atoms with van der Waals surface area (Å²) < 4.78 is 16.0. The Balaban J connectivity index is 1.07. The van der Waals surface area contributed by atoms with Gasteiger partial charge in [0.15, 0.2) is 0 Å². The predicted molar refractivity (Wildman–Crippen MR) is 163 cm³/mol. The summed E-state index contributed by atoms with van der Waals surface area (Å²) in [6, 6.07) is 6.92. The van der Waals surface area contributed by atoms with Gasteiger partial charge in [-0.2, -0.15) is 4.98 Å². The Morgan fingerprint density at radius 1 is 1.12 bits per heavy atom. The third kappa shape index (κ3) is 5.29. The van der Waals surface area contributed by atoms with Gasteiger partial charge in [0, 0.05) is 25.3 Å². The zero-order valence-corrected chi connectivity index (χ0v) is 25.8. The molecule has 2 N–H and O–H groups in total. The van der Waals surface area contributed by atoms with Crippen molar-refractivity contribution in [2.45, 2.75) is 59.2 Å². The SMILES string of the molecule is O=C(NC(=O)C(Cl)(Cl)Cl)OCC1(Nc2nc(N3C[C@@H]4CC(c5ccc6c(c5)CC6)=C[C@@H]4C3)nc3c2[S@](=O)CC3)CCC1. The molecule has 1 saturated carbocycles. The Hall–Kier alpha value is -2.40. The highest BCUT2D eigenvalue weighted by Crippen LogP contribution is 2.44. The van der Waals surface area contributed by atoms with Gasteiger partial charge < -0.3 is 15.0 Å². The number of alkyl carbamates (subject to hydrolysis) is 1. The van der Waals surface area contributed by atoms with Crippen LogP contribution in [0, 0.1) is 11.8 Å². The van der Waals surface area contributed by atoms with Gasteiger partial charge in [-0.05, 0) is 72.6 Å². The van der Waals surface area contributed by atoms with Crippen LogP contribution in [0.3, 0.4) is 0 Å². The molecule has 9 nitrogen and oxygen atoms in total. The molecular formula is C29H30Cl3N5O4S. The highest BCUT2D eigenvalue weighted by Gasteiger charge is 2.43. The first-order valence-corrected chi connectivity index (χ1v) is 16.7. The lowest BCUT2D eigenvalue weighted by Crippen LogP contribution is -2.51. The third-order valence-electron chi connectivity index (χ3n) is 9.24. The van der Waals surface area contributed by atoms with E-state index in [0.29, 0.717) is 53.5 Å². The molecule has 1 aromatic carbocycles. The highest BCUT2D eigenvalue weighted by atomic mass is 35.6. The highest BCUT2D eigenvalue weighted by molar-refractivity contribution is 7.85. The number of imide groups is 1. The van der Waals surface area contributed by atoms with E-state index in [1.807, 2.05) is 5.32 Å². The second-order valence-electron chi connectivity index (χ2n) is 11.9. The molecule has 0 bridgehead atoms. The molecule has 7 rings (SSSR count). The number of aryl methyl sites for hydroxylation is 3. The van der Waals surface area contributed by atoms with Crippen LogP contribution in [0.2, 0.25) is 0 Å². The van der Waals surface area contributed by atoms with Gasteiger partial charge in [0.1, 0.15) is 17.3 Å². The van der Waals surface area contributed by atoms with E-state index in [1.165, 1.54) is 35.1 Å². The monoisotopic (exact) mass is 649 g/mol. The summed E-state index contributed by atoms with van der Waals surface area (Å²) in [5, 5.41) is 5.40. The zero-order valence-electron chi connectivity index (χ0n) is 22.8. The lowest BCUT2D eigenvalue weighted by Gasteiger charge is -2.42. The standard InChI is InChI=1S/C29H30Cl3N5O4S/c30-29(31,32)25(38)35-27(39)41-15-28(7-1-8-28)36-24-23-22(6-9-42(23)40)33-26(34-24)37-13-20-11-19(12-21(20)14-37)18-5-3-16-2-4-17(16)10-18/h3,5,10-11,20-21H,1-2,4,6-9,12-15H2,(H,33,34,36)(H,35,38,39)/t20-,21+,42-/m1/s1. The fourth-order valence-electron chi connectivity index (χ4n) is 6.66. The van der Waals surface area contributed by atoms with Crippen LogP contribution < -0.4 is 15.5 Å². The van der Waals surface area contributed by atoms with Crippen LogP contribution in [-0.4, -0.2) is 61.0 Å². The first-order valence-electron chi connectivity index (χ1n) is 14.3. The zero-order chi connectivity index (χ0) is 29.2. The van der Waals surface area contributed by atoms with Gasteiger partial charge in [0.25, 0.3) is 9.70 Å². The Kier molecular flexibility index (Phi) is 7.19. The quantitative estimate of drug-likeness (QED) is 0.432. The van der Waals surface area contributed by atoms with Crippen LogP contribution in [0.15, 0.2) is 29.2 Å². The number of nitrogens with zero attached hydrogens (tertiary/aromatic N) is 3. The van der Waals surface area contributed by atoms with Crippen LogP contribution in [0.4, 0.5) is 16.6 Å². The van der Waals surface area contributed by atoms with E-state index in [4.69, 9.17) is 49.5 Å². The number of hydrogen-bond donors (Lipinski definition) is 2. The molecule has 42 heavy (non-hydrogen) atoms. The summed E-state index contributed by atoms with van der Waals surface area (Å²) >= 11 is 16.6. The summed E-state index contributed by atoms with van der Waals surface area (Å²) in [4.78, 5) is 36.7. The fourth-order valence-corrected chi connectivity index (χ4v) is 8.10. The number of nitrogens with one attached hydrogen (secondary N) is 2. The van der Waals surface area contributed by atoms with Crippen molar-refractivity contribution in [1.82, 2.24) is 15.3 Å². The van der Waals surface area contributed by atoms with E-state index in [0.717, 1.165) is 31.6 Å². The van der Waals surface area contributed by atoms with Crippen molar-refractivity contribution >= 4 is 74.9 Å². The second-order valence-corrected chi connectivity index (χ2v) is 15.7. The molecule has 5 aliphatic rings. The molecule has 2 aliphatic heterocycles. The first kappa shape index (κ1) is 28.4. The van der Waals surface area contributed by atoms with Gasteiger partial charge in [-0.1, -0.05) is 59.1 Å². The molecular weight excluding hydrogens is 621 g/mol. The number of rotatable bonds is 6. The number of ether oxygens (including phenoxy) is 1. The van der Waals surface area contributed by atoms with Crippen molar-refractivity contribution in [3.63, 3.8) is 0 Å². The summed E-state index contributed by atoms with van der Waals surface area (Å²) in [5.74, 6) is 1.54. The topological polar surface area (TPSA) is 114 Å². The molecule has 222 valence electrons. The number of benzene rings is 1. The Morgan fingerprint density at radius 3 is 2.60 bits per heavy atom. The van der Waals surface area contributed by atoms with Crippen molar-refractivity contribution in [3.05, 3.63) is 46.7 Å². The minimum Gasteiger partial charge on any atom is -0.447 e. The molecule has 2 amide bonds. The maximum atomic E-state index is 13.0. The lowest BCUT2D eigenvalue weighted by molar-refractivity contribution is -0.119. The summed E-state index contributed by atoms with van der Waals surface area (Å²) in [5.41, 5.74) is 5.97. The number of amides is 2. The van der Waals surface area contributed by atoms with Gasteiger partial charge in [0.05, 0.1) is 22.0 Å². The van der Waals surface area contributed by atoms with Crippen LogP contribution in [0.5, 0.6) is 0 Å². The fraction of sp³-hybridized carbons (Fsp3) is 0.517. The molecule has 2 aromatic rings. The van der Waals surface area contributed by atoms with Crippen molar-refractivity contribution < 1.29 is 18.5 Å². The summed E-state index contributed by atoms with van der Waals surface area (Å²) in [6.07, 6.45) is 7.83. The number of fused-ring (bicyclic) bond motifs is 3. The Labute approximate surface area is 261 Å². The number of carbonyl (C=O) groups excluding carboxylic acids is 2. The third-order valence-corrected chi connectivity index (χ3v) is 11.2. The van der Waals surface area contributed by atoms with E-state index >= 15 is 0 Å². The minimum atomic E-state index is -2.28. The van der Waals surface area contributed by atoms with Crippen LogP contribution in [0.25, 0.3) is 5.57 Å². The van der Waals surface area contributed by atoms with Gasteiger partial charge in [-0.25, -0.2) is 9.78 Å². The molecule has 0 radical (unpaired) electrons. The molecule has 3 aliphatic carbocycles. The maximum absolute atomic E-state index is 13.0. The van der Waals surface area contributed by atoms with Gasteiger partial charge in [-0.3, -0.25) is 14.3 Å². The predicted octanol–water partition coefficient (Wildman–Crippen LogP) is 4.74. The molecule has 0 spiro atoms. The van der Waals surface area contributed by atoms with E-state index < -0.39 is 32.1 Å². The van der Waals surface area contributed by atoms with Crippen molar-refractivity contribution in [2.24, 2.45) is 11.8 Å². The van der Waals surface area contributed by atoms with Gasteiger partial charge in [0.2, 0.25) is 5.95 Å². The average molecular weight is 651 g/mol.